The number of morpholine rings is 1. The Balaban J connectivity index is 1.58. The molecule has 27 heavy (non-hydrogen) atoms. The topological polar surface area (TPSA) is 94.5 Å². The number of rotatable bonds is 5. The van der Waals surface area contributed by atoms with Gasteiger partial charge in [0.1, 0.15) is 6.42 Å². The second kappa shape index (κ2) is 8.83. The number of hydrogen-bond acceptors (Lipinski definition) is 5. The molecule has 138 valence electrons. The molecule has 1 aliphatic heterocycles. The first-order valence-corrected chi connectivity index (χ1v) is 8.67. The van der Waals surface area contributed by atoms with Crippen molar-refractivity contribution in [1.29, 1.82) is 5.26 Å². The van der Waals surface area contributed by atoms with E-state index in [1.54, 1.807) is 30.3 Å². The number of nitrogens with zero attached hydrogens (tertiary/aromatic N) is 2. The Morgan fingerprint density at radius 3 is 2.19 bits per heavy atom. The molecule has 1 aliphatic rings. The van der Waals surface area contributed by atoms with Crippen LogP contribution in [0.2, 0.25) is 0 Å². The first kappa shape index (κ1) is 18.4. The van der Waals surface area contributed by atoms with Crippen LogP contribution in [-0.2, 0) is 9.53 Å². The molecule has 0 aromatic heterocycles. The van der Waals surface area contributed by atoms with Gasteiger partial charge in [-0.3, -0.25) is 9.59 Å². The quantitative estimate of drug-likeness (QED) is 0.850. The number of hydrogen-bond donors (Lipinski definition) is 2. The van der Waals surface area contributed by atoms with Gasteiger partial charge in [-0.25, -0.2) is 0 Å². The number of nitriles is 1. The van der Waals surface area contributed by atoms with E-state index in [9.17, 15) is 9.59 Å². The molecule has 0 bridgehead atoms. The number of nitrogens with one attached hydrogen (secondary N) is 2. The summed E-state index contributed by atoms with van der Waals surface area (Å²) >= 11 is 0. The van der Waals surface area contributed by atoms with Crippen molar-refractivity contribution in [3.05, 3.63) is 54.1 Å². The van der Waals surface area contributed by atoms with Gasteiger partial charge in [0.15, 0.2) is 0 Å². The molecule has 0 aliphatic carbocycles. The molecule has 2 aromatic rings. The third-order valence-corrected chi connectivity index (χ3v) is 4.17. The summed E-state index contributed by atoms with van der Waals surface area (Å²) in [4.78, 5) is 26.0. The van der Waals surface area contributed by atoms with E-state index in [1.807, 2.05) is 24.3 Å². The van der Waals surface area contributed by atoms with Crippen LogP contribution in [0.1, 0.15) is 16.8 Å². The van der Waals surface area contributed by atoms with Crippen LogP contribution in [0.4, 0.5) is 17.1 Å². The Bertz CT molecular complexity index is 835. The highest BCUT2D eigenvalue weighted by atomic mass is 16.5. The highest BCUT2D eigenvalue weighted by Gasteiger charge is 2.12. The van der Waals surface area contributed by atoms with Crippen LogP contribution in [0.3, 0.4) is 0 Å². The zero-order valence-corrected chi connectivity index (χ0v) is 14.8. The van der Waals surface area contributed by atoms with Gasteiger partial charge >= 0.3 is 0 Å². The van der Waals surface area contributed by atoms with E-state index in [1.165, 1.54) is 0 Å². The third-order valence-electron chi connectivity index (χ3n) is 4.17. The number of ether oxygens (including phenoxy) is 1. The summed E-state index contributed by atoms with van der Waals surface area (Å²) < 4.78 is 5.35. The molecule has 2 N–H and O–H groups in total. The minimum absolute atomic E-state index is 0.206. The Hall–Kier alpha value is -3.37. The Morgan fingerprint density at radius 1 is 0.963 bits per heavy atom. The lowest BCUT2D eigenvalue weighted by Gasteiger charge is -2.28. The maximum Gasteiger partial charge on any atom is 0.255 e. The SMILES string of the molecule is N#CCC(=O)Nc1ccc(C(=O)Nc2ccc(N3CCOCC3)cc2)cc1. The molecular weight excluding hydrogens is 344 g/mol. The second-order valence-corrected chi connectivity index (χ2v) is 6.06. The van der Waals surface area contributed by atoms with E-state index < -0.39 is 0 Å². The van der Waals surface area contributed by atoms with Gasteiger partial charge in [-0.1, -0.05) is 0 Å². The number of carbonyl (C=O) groups is 2. The van der Waals surface area contributed by atoms with Crippen LogP contribution in [0.25, 0.3) is 0 Å². The lowest BCUT2D eigenvalue weighted by Crippen LogP contribution is -2.36. The largest absolute Gasteiger partial charge is 0.378 e. The molecule has 1 heterocycles. The second-order valence-electron chi connectivity index (χ2n) is 6.06. The minimum Gasteiger partial charge on any atom is -0.378 e. The molecule has 7 heteroatoms. The van der Waals surface area contributed by atoms with E-state index in [2.05, 4.69) is 15.5 Å². The van der Waals surface area contributed by atoms with Crippen molar-refractivity contribution in [2.75, 3.05) is 41.8 Å². The molecular formula is C20H20N4O3. The van der Waals surface area contributed by atoms with Crippen molar-refractivity contribution in [2.45, 2.75) is 6.42 Å². The fourth-order valence-corrected chi connectivity index (χ4v) is 2.76. The smallest absolute Gasteiger partial charge is 0.255 e. The fourth-order valence-electron chi connectivity index (χ4n) is 2.76. The summed E-state index contributed by atoms with van der Waals surface area (Å²) in [5.74, 6) is -0.612. The summed E-state index contributed by atoms with van der Waals surface area (Å²) in [5, 5.41) is 13.9. The maximum absolute atomic E-state index is 12.4. The summed E-state index contributed by atoms with van der Waals surface area (Å²) in [6.45, 7) is 3.18. The Morgan fingerprint density at radius 2 is 1.56 bits per heavy atom. The van der Waals surface area contributed by atoms with Gasteiger partial charge in [-0.2, -0.15) is 5.26 Å². The molecule has 1 saturated heterocycles. The highest BCUT2D eigenvalue weighted by Crippen LogP contribution is 2.20. The van der Waals surface area contributed by atoms with Crippen molar-refractivity contribution >= 4 is 28.9 Å². The van der Waals surface area contributed by atoms with Crippen molar-refractivity contribution in [3.63, 3.8) is 0 Å². The lowest BCUT2D eigenvalue weighted by molar-refractivity contribution is -0.115. The summed E-state index contributed by atoms with van der Waals surface area (Å²) in [5.41, 5.74) is 2.84. The Kier molecular flexibility index (Phi) is 6.02. The lowest BCUT2D eigenvalue weighted by atomic mass is 10.1. The van der Waals surface area contributed by atoms with E-state index in [0.717, 1.165) is 32.0 Å². The molecule has 7 nitrogen and oxygen atoms in total. The van der Waals surface area contributed by atoms with E-state index >= 15 is 0 Å². The molecule has 0 spiro atoms. The first-order chi connectivity index (χ1) is 13.2. The van der Waals surface area contributed by atoms with Crippen LogP contribution in [0.5, 0.6) is 0 Å². The number of anilines is 3. The van der Waals surface area contributed by atoms with Crippen LogP contribution < -0.4 is 15.5 Å². The van der Waals surface area contributed by atoms with Gasteiger partial charge < -0.3 is 20.3 Å². The van der Waals surface area contributed by atoms with Gasteiger partial charge in [0.2, 0.25) is 5.91 Å². The van der Waals surface area contributed by atoms with Gasteiger partial charge in [0.05, 0.1) is 19.3 Å². The van der Waals surface area contributed by atoms with Crippen LogP contribution in [-0.4, -0.2) is 38.1 Å². The summed E-state index contributed by atoms with van der Waals surface area (Å²) in [7, 11) is 0. The zero-order valence-electron chi connectivity index (χ0n) is 14.8. The van der Waals surface area contributed by atoms with E-state index in [4.69, 9.17) is 10.00 Å². The maximum atomic E-state index is 12.4. The molecule has 0 saturated carbocycles. The standard InChI is InChI=1S/C20H20N4O3/c21-10-9-19(25)22-16-3-1-15(2-4-16)20(26)23-17-5-7-18(8-6-17)24-11-13-27-14-12-24/h1-8H,9,11-14H2,(H,22,25)(H,23,26). The van der Waals surface area contributed by atoms with Crippen LogP contribution in [0, 0.1) is 11.3 Å². The average Bonchev–Trinajstić information content (AvgIpc) is 2.70. The van der Waals surface area contributed by atoms with Crippen molar-refractivity contribution in [2.24, 2.45) is 0 Å². The molecule has 2 amide bonds. The zero-order chi connectivity index (χ0) is 19.1. The van der Waals surface area contributed by atoms with Crippen LogP contribution in [0.15, 0.2) is 48.5 Å². The van der Waals surface area contributed by atoms with Crippen molar-refractivity contribution < 1.29 is 14.3 Å². The van der Waals surface area contributed by atoms with Crippen molar-refractivity contribution in [1.82, 2.24) is 0 Å². The number of benzene rings is 2. The normalized spacial score (nSPS) is 13.5. The van der Waals surface area contributed by atoms with Gasteiger partial charge in [0, 0.05) is 35.7 Å². The van der Waals surface area contributed by atoms with Gasteiger partial charge in [0.25, 0.3) is 5.91 Å². The third kappa shape index (κ3) is 5.06. The predicted molar refractivity (Wildman–Crippen MR) is 103 cm³/mol. The molecule has 2 aromatic carbocycles. The summed E-state index contributed by atoms with van der Waals surface area (Å²) in [6.07, 6.45) is -0.206. The fraction of sp³-hybridized carbons (Fsp3) is 0.250. The van der Waals surface area contributed by atoms with Crippen molar-refractivity contribution in [3.8, 4) is 6.07 Å². The predicted octanol–water partition coefficient (Wildman–Crippen LogP) is 2.63. The first-order valence-electron chi connectivity index (χ1n) is 8.67. The van der Waals surface area contributed by atoms with Crippen LogP contribution >= 0.6 is 0 Å². The molecule has 0 radical (unpaired) electrons. The van der Waals surface area contributed by atoms with Gasteiger partial charge in [-0.15, -0.1) is 0 Å². The Labute approximate surface area is 157 Å². The molecule has 0 unspecified atom stereocenters. The molecule has 0 atom stereocenters. The highest BCUT2D eigenvalue weighted by molar-refractivity contribution is 6.04. The minimum atomic E-state index is -0.380. The van der Waals surface area contributed by atoms with E-state index in [0.29, 0.717) is 16.9 Å². The monoisotopic (exact) mass is 364 g/mol. The van der Waals surface area contributed by atoms with Gasteiger partial charge in [-0.05, 0) is 48.5 Å². The van der Waals surface area contributed by atoms with E-state index in [-0.39, 0.29) is 18.2 Å². The number of amides is 2. The summed E-state index contributed by atoms with van der Waals surface area (Å²) in [6, 6.07) is 16.0. The molecule has 1 fully saturated rings. The average molecular weight is 364 g/mol. The number of carbonyl (C=O) groups excluding carboxylic acids is 2. The molecule has 3 rings (SSSR count).